The maximum absolute atomic E-state index is 12.2. The fourth-order valence-electron chi connectivity index (χ4n) is 1.48. The van der Waals surface area contributed by atoms with Crippen LogP contribution in [0.25, 0.3) is 0 Å². The van der Waals surface area contributed by atoms with Crippen molar-refractivity contribution in [3.05, 3.63) is 29.8 Å². The summed E-state index contributed by atoms with van der Waals surface area (Å²) in [7, 11) is -3.45. The molecule has 0 saturated carbocycles. The zero-order valence-corrected chi connectivity index (χ0v) is 13.7. The number of aliphatic hydroxyl groups excluding tert-OH is 1. The Bertz CT molecular complexity index is 648. The van der Waals surface area contributed by atoms with Gasteiger partial charge in [0.15, 0.2) is 9.84 Å². The Labute approximate surface area is 135 Å². The minimum absolute atomic E-state index is 0. The molecule has 0 heterocycles. The van der Waals surface area contributed by atoms with Crippen LogP contribution in [0.1, 0.15) is 17.3 Å². The van der Waals surface area contributed by atoms with E-state index >= 15 is 0 Å². The van der Waals surface area contributed by atoms with Gasteiger partial charge in [0.05, 0.1) is 11.0 Å². The molecule has 5 N–H and O–H groups in total. The van der Waals surface area contributed by atoms with Crippen LogP contribution >= 0.6 is 12.4 Å². The molecule has 0 fully saturated rings. The van der Waals surface area contributed by atoms with Crippen LogP contribution in [0.15, 0.2) is 29.2 Å². The number of amides is 1. The van der Waals surface area contributed by atoms with Crippen molar-refractivity contribution in [2.24, 2.45) is 5.73 Å². The van der Waals surface area contributed by atoms with Crippen molar-refractivity contribution >= 4 is 34.1 Å². The number of hydrogen-bond donors (Lipinski definition) is 4. The number of carbonyl (C=O) groups excluding carboxylic acids is 1. The van der Waals surface area contributed by atoms with E-state index in [2.05, 4.69) is 5.43 Å². The first-order valence-corrected chi connectivity index (χ1v) is 7.92. The lowest BCUT2D eigenvalue weighted by Gasteiger charge is -2.22. The number of rotatable bonds is 5. The Morgan fingerprint density at radius 3 is 2.55 bits per heavy atom. The molecule has 0 unspecified atom stereocenters. The van der Waals surface area contributed by atoms with Gasteiger partial charge < -0.3 is 10.8 Å². The van der Waals surface area contributed by atoms with E-state index in [9.17, 15) is 18.3 Å². The van der Waals surface area contributed by atoms with E-state index in [0.717, 1.165) is 11.3 Å². The molecule has 1 rings (SSSR count). The fraction of sp³-hybridized carbons (Fsp3) is 0.333. The third kappa shape index (κ3) is 5.60. The highest BCUT2D eigenvalue weighted by atomic mass is 35.5. The summed E-state index contributed by atoms with van der Waals surface area (Å²) >= 11 is 0. The van der Waals surface area contributed by atoms with Gasteiger partial charge in [0.1, 0.15) is 0 Å². The number of guanidine groups is 1. The predicted octanol–water partition coefficient (Wildman–Crippen LogP) is -0.267. The van der Waals surface area contributed by atoms with Gasteiger partial charge in [-0.1, -0.05) is 6.07 Å². The van der Waals surface area contributed by atoms with E-state index in [1.807, 2.05) is 0 Å². The van der Waals surface area contributed by atoms with Gasteiger partial charge in [-0.3, -0.25) is 10.2 Å². The Hall–Kier alpha value is -1.68. The van der Waals surface area contributed by atoms with Crippen LogP contribution in [-0.2, 0) is 9.84 Å². The molecule has 0 aliphatic carbocycles. The number of benzene rings is 1. The van der Waals surface area contributed by atoms with E-state index < -0.39 is 27.8 Å². The molecule has 0 aliphatic heterocycles. The van der Waals surface area contributed by atoms with Crippen LogP contribution in [0.2, 0.25) is 0 Å². The lowest BCUT2D eigenvalue weighted by molar-refractivity contribution is 0.0755. The van der Waals surface area contributed by atoms with Gasteiger partial charge in [-0.05, 0) is 25.1 Å². The normalized spacial score (nSPS) is 12.1. The Kier molecular flexibility index (Phi) is 7.47. The third-order valence-corrected chi connectivity index (χ3v) is 3.61. The average Bonchev–Trinajstić information content (AvgIpc) is 2.37. The first kappa shape index (κ1) is 20.3. The SMILES string of the molecule is C[C@H](O)CNN(C(=N)N)C(=O)c1cccc(S(C)(=O)=O)c1.Cl. The number of hydrogen-bond acceptors (Lipinski definition) is 6. The number of sulfone groups is 1. The number of nitrogens with one attached hydrogen (secondary N) is 2. The highest BCUT2D eigenvalue weighted by molar-refractivity contribution is 7.90. The minimum Gasteiger partial charge on any atom is -0.392 e. The molecule has 1 aromatic carbocycles. The molecule has 1 atom stereocenters. The molecular weight excluding hydrogens is 332 g/mol. The Morgan fingerprint density at radius 1 is 1.50 bits per heavy atom. The molecule has 10 heteroatoms. The summed E-state index contributed by atoms with van der Waals surface area (Å²) < 4.78 is 23.0. The molecule has 0 aromatic heterocycles. The smallest absolute Gasteiger partial charge is 0.275 e. The Balaban J connectivity index is 0.00000441. The molecule has 8 nitrogen and oxygen atoms in total. The highest BCUT2D eigenvalue weighted by Gasteiger charge is 2.20. The van der Waals surface area contributed by atoms with Crippen LogP contribution < -0.4 is 11.2 Å². The lowest BCUT2D eigenvalue weighted by Crippen LogP contribution is -2.52. The van der Waals surface area contributed by atoms with E-state index in [1.165, 1.54) is 31.2 Å². The average molecular weight is 351 g/mol. The molecule has 0 saturated heterocycles. The van der Waals surface area contributed by atoms with E-state index in [0.29, 0.717) is 0 Å². The number of nitrogens with zero attached hydrogens (tertiary/aromatic N) is 1. The van der Waals surface area contributed by atoms with Crippen molar-refractivity contribution in [2.75, 3.05) is 12.8 Å². The molecule has 1 amide bonds. The van der Waals surface area contributed by atoms with E-state index in [1.54, 1.807) is 0 Å². The minimum atomic E-state index is -3.45. The summed E-state index contributed by atoms with van der Waals surface area (Å²) in [5.74, 6) is -1.25. The summed E-state index contributed by atoms with van der Waals surface area (Å²) in [6.07, 6.45) is 0.285. The second-order valence-electron chi connectivity index (χ2n) is 4.54. The summed E-state index contributed by atoms with van der Waals surface area (Å²) in [6.45, 7) is 1.51. The van der Waals surface area contributed by atoms with Gasteiger partial charge in [-0.25, -0.2) is 18.9 Å². The monoisotopic (exact) mass is 350 g/mol. The van der Waals surface area contributed by atoms with E-state index in [-0.39, 0.29) is 29.4 Å². The van der Waals surface area contributed by atoms with Crippen LogP contribution in [-0.4, -0.2) is 49.3 Å². The van der Waals surface area contributed by atoms with Crippen LogP contribution in [0.3, 0.4) is 0 Å². The van der Waals surface area contributed by atoms with Crippen LogP contribution in [0.5, 0.6) is 0 Å². The number of halogens is 1. The van der Waals surface area contributed by atoms with Gasteiger partial charge in [0.2, 0.25) is 5.96 Å². The molecule has 0 spiro atoms. The van der Waals surface area contributed by atoms with Crippen molar-refractivity contribution < 1.29 is 18.3 Å². The third-order valence-electron chi connectivity index (χ3n) is 2.50. The predicted molar refractivity (Wildman–Crippen MR) is 84.6 cm³/mol. The molecule has 0 bridgehead atoms. The molecule has 1 aromatic rings. The lowest BCUT2D eigenvalue weighted by atomic mass is 10.2. The van der Waals surface area contributed by atoms with Crippen molar-refractivity contribution in [1.29, 1.82) is 5.41 Å². The van der Waals surface area contributed by atoms with Crippen molar-refractivity contribution in [3.8, 4) is 0 Å². The Morgan fingerprint density at radius 2 is 2.09 bits per heavy atom. The first-order valence-electron chi connectivity index (χ1n) is 6.03. The van der Waals surface area contributed by atoms with E-state index in [4.69, 9.17) is 11.1 Å². The largest absolute Gasteiger partial charge is 0.392 e. The van der Waals surface area contributed by atoms with Crippen molar-refractivity contribution in [3.63, 3.8) is 0 Å². The maximum atomic E-state index is 12.2. The molecular formula is C12H19ClN4O4S. The number of nitrogens with two attached hydrogens (primary N) is 1. The number of hydrazine groups is 1. The van der Waals surface area contributed by atoms with Crippen LogP contribution in [0.4, 0.5) is 0 Å². The molecule has 0 aliphatic rings. The summed E-state index contributed by atoms with van der Waals surface area (Å²) in [4.78, 5) is 12.2. The molecule has 124 valence electrons. The molecule has 0 radical (unpaired) electrons. The van der Waals surface area contributed by atoms with Gasteiger partial charge in [-0.2, -0.15) is 0 Å². The van der Waals surface area contributed by atoms with Gasteiger partial charge in [0.25, 0.3) is 5.91 Å². The second-order valence-corrected chi connectivity index (χ2v) is 6.55. The quantitative estimate of drug-likeness (QED) is 0.328. The van der Waals surface area contributed by atoms with Gasteiger partial charge >= 0.3 is 0 Å². The van der Waals surface area contributed by atoms with Crippen molar-refractivity contribution in [1.82, 2.24) is 10.4 Å². The standard InChI is InChI=1S/C12H18N4O4S.ClH/c1-8(17)7-15-16(12(13)14)11(18)9-4-3-5-10(6-9)21(2,19)20;/h3-6,8,15,17H,7H2,1-2H3,(H3,13,14);1H/t8-;/m0./s1. The van der Waals surface area contributed by atoms with Crippen molar-refractivity contribution in [2.45, 2.75) is 17.9 Å². The summed E-state index contributed by atoms with van der Waals surface area (Å²) in [5, 5.41) is 17.3. The maximum Gasteiger partial charge on any atom is 0.275 e. The van der Waals surface area contributed by atoms with Crippen LogP contribution in [0, 0.1) is 5.41 Å². The summed E-state index contributed by atoms with van der Waals surface area (Å²) in [6, 6.07) is 5.42. The first-order chi connectivity index (χ1) is 9.62. The zero-order valence-electron chi connectivity index (χ0n) is 12.1. The fourth-order valence-corrected chi connectivity index (χ4v) is 2.15. The van der Waals surface area contributed by atoms with Gasteiger partial charge in [0, 0.05) is 18.4 Å². The molecule has 22 heavy (non-hydrogen) atoms. The number of carbonyl (C=O) groups is 1. The summed E-state index contributed by atoms with van der Waals surface area (Å²) in [5.41, 5.74) is 7.88. The number of aliphatic hydroxyl groups is 1. The topological polar surface area (TPSA) is 137 Å². The van der Waals surface area contributed by atoms with Gasteiger partial charge in [-0.15, -0.1) is 12.4 Å². The highest BCUT2D eigenvalue weighted by Crippen LogP contribution is 2.12. The zero-order chi connectivity index (χ0) is 16.2. The second kappa shape index (κ2) is 8.08.